The summed E-state index contributed by atoms with van der Waals surface area (Å²) in [7, 11) is 0. The van der Waals surface area contributed by atoms with Crippen molar-refractivity contribution in [3.63, 3.8) is 0 Å². The number of hydrogen-bond donors (Lipinski definition) is 0. The Labute approximate surface area is 164 Å². The highest BCUT2D eigenvalue weighted by Crippen LogP contribution is 2.38. The summed E-state index contributed by atoms with van der Waals surface area (Å²) in [6.45, 7) is 1.91. The Bertz CT molecular complexity index is 1200. The van der Waals surface area contributed by atoms with Crippen molar-refractivity contribution < 1.29 is 18.0 Å². The van der Waals surface area contributed by atoms with Gasteiger partial charge in [0.1, 0.15) is 5.69 Å². The van der Waals surface area contributed by atoms with Crippen LogP contribution in [0.15, 0.2) is 73.1 Å². The number of halogens is 3. The zero-order valence-electron chi connectivity index (χ0n) is 15.4. The predicted octanol–water partition coefficient (Wildman–Crippen LogP) is 5.86. The third-order valence-electron chi connectivity index (χ3n) is 4.69. The third kappa shape index (κ3) is 3.49. The van der Waals surface area contributed by atoms with Crippen molar-refractivity contribution in [3.05, 3.63) is 95.4 Å². The second-order valence-corrected chi connectivity index (χ2v) is 6.66. The molecule has 0 saturated carbocycles. The van der Waals surface area contributed by atoms with E-state index in [-0.39, 0.29) is 22.2 Å². The molecule has 6 heteroatoms. The van der Waals surface area contributed by atoms with Crippen LogP contribution in [0.5, 0.6) is 0 Å². The summed E-state index contributed by atoms with van der Waals surface area (Å²) in [6, 6.07) is 16.1. The van der Waals surface area contributed by atoms with Crippen LogP contribution in [0.3, 0.4) is 0 Å². The molecule has 0 N–H and O–H groups in total. The average molecular weight is 392 g/mol. The molecule has 0 unspecified atom stereocenters. The first-order chi connectivity index (χ1) is 13.9. The Morgan fingerprint density at radius 3 is 2.31 bits per heavy atom. The smallest absolute Gasteiger partial charge is 0.287 e. The number of para-hydroxylation sites is 1. The van der Waals surface area contributed by atoms with Gasteiger partial charge in [0.05, 0.1) is 16.6 Å². The number of alkyl halides is 3. The molecule has 0 spiro atoms. The highest BCUT2D eigenvalue weighted by Gasteiger charge is 2.34. The van der Waals surface area contributed by atoms with Crippen LogP contribution in [0.2, 0.25) is 0 Å². The van der Waals surface area contributed by atoms with E-state index in [0.717, 1.165) is 11.6 Å². The minimum absolute atomic E-state index is 0.187. The SMILES string of the molecule is Cc1ccc(-c2c(C(=O)c3ccccn3)cnc3c(C(F)(F)F)cccc23)cc1. The second kappa shape index (κ2) is 7.13. The first-order valence-electron chi connectivity index (χ1n) is 8.88. The molecule has 0 atom stereocenters. The van der Waals surface area contributed by atoms with Gasteiger partial charge in [-0.1, -0.05) is 48.0 Å². The Hall–Kier alpha value is -3.54. The average Bonchev–Trinajstić information content (AvgIpc) is 2.72. The van der Waals surface area contributed by atoms with Crippen molar-refractivity contribution in [2.24, 2.45) is 0 Å². The molecule has 2 aromatic carbocycles. The van der Waals surface area contributed by atoms with Crippen LogP contribution in [-0.2, 0) is 6.18 Å². The number of hydrogen-bond acceptors (Lipinski definition) is 3. The zero-order chi connectivity index (χ0) is 20.6. The maximum atomic E-state index is 13.5. The Morgan fingerprint density at radius 2 is 1.66 bits per heavy atom. The van der Waals surface area contributed by atoms with Gasteiger partial charge in [-0.05, 0) is 30.7 Å². The van der Waals surface area contributed by atoms with Gasteiger partial charge in [0.2, 0.25) is 5.78 Å². The first kappa shape index (κ1) is 18.8. The van der Waals surface area contributed by atoms with Gasteiger partial charge in [-0.3, -0.25) is 14.8 Å². The van der Waals surface area contributed by atoms with Crippen molar-refractivity contribution in [1.82, 2.24) is 9.97 Å². The maximum Gasteiger partial charge on any atom is 0.418 e. The lowest BCUT2D eigenvalue weighted by Gasteiger charge is -2.15. The van der Waals surface area contributed by atoms with Gasteiger partial charge >= 0.3 is 6.18 Å². The minimum atomic E-state index is -4.55. The van der Waals surface area contributed by atoms with Crippen molar-refractivity contribution in [2.75, 3.05) is 0 Å². The van der Waals surface area contributed by atoms with Crippen molar-refractivity contribution in [3.8, 4) is 11.1 Å². The fraction of sp³-hybridized carbons (Fsp3) is 0.0870. The molecule has 4 aromatic rings. The number of ketones is 1. The maximum absolute atomic E-state index is 13.5. The van der Waals surface area contributed by atoms with Gasteiger partial charge in [0.15, 0.2) is 0 Å². The highest BCUT2D eigenvalue weighted by atomic mass is 19.4. The summed E-state index contributed by atoms with van der Waals surface area (Å²) in [5.41, 5.74) is 1.45. The van der Waals surface area contributed by atoms with Crippen LogP contribution in [0.4, 0.5) is 13.2 Å². The van der Waals surface area contributed by atoms with E-state index in [9.17, 15) is 18.0 Å². The molecule has 0 aliphatic rings. The van der Waals surface area contributed by atoms with E-state index >= 15 is 0 Å². The first-order valence-corrected chi connectivity index (χ1v) is 8.88. The molecule has 3 nitrogen and oxygen atoms in total. The molecule has 0 radical (unpaired) electrons. The lowest BCUT2D eigenvalue weighted by Crippen LogP contribution is -2.10. The minimum Gasteiger partial charge on any atom is -0.287 e. The molecule has 4 rings (SSSR count). The molecule has 0 aliphatic heterocycles. The summed E-state index contributed by atoms with van der Waals surface area (Å²) in [6.07, 6.45) is -1.84. The molecule has 0 saturated heterocycles. The van der Waals surface area contributed by atoms with Gasteiger partial charge in [-0.15, -0.1) is 0 Å². The summed E-state index contributed by atoms with van der Waals surface area (Å²) >= 11 is 0. The number of rotatable bonds is 3. The second-order valence-electron chi connectivity index (χ2n) is 6.66. The number of aromatic nitrogens is 2. The molecule has 2 aromatic heterocycles. The predicted molar refractivity (Wildman–Crippen MR) is 105 cm³/mol. The number of pyridine rings is 2. The van der Waals surface area contributed by atoms with E-state index in [1.165, 1.54) is 18.5 Å². The lowest BCUT2D eigenvalue weighted by atomic mass is 9.92. The molecule has 0 fully saturated rings. The van der Waals surface area contributed by atoms with E-state index in [1.807, 2.05) is 19.1 Å². The van der Waals surface area contributed by atoms with Crippen LogP contribution in [-0.4, -0.2) is 15.8 Å². The third-order valence-corrected chi connectivity index (χ3v) is 4.69. The molecule has 144 valence electrons. The number of carbonyl (C=O) groups excluding carboxylic acids is 1. The van der Waals surface area contributed by atoms with Gasteiger partial charge < -0.3 is 0 Å². The van der Waals surface area contributed by atoms with Crippen molar-refractivity contribution >= 4 is 16.7 Å². The topological polar surface area (TPSA) is 42.9 Å². The van der Waals surface area contributed by atoms with Gasteiger partial charge in [0, 0.05) is 23.3 Å². The summed E-state index contributed by atoms with van der Waals surface area (Å²) in [5, 5.41) is 0.269. The Morgan fingerprint density at radius 1 is 0.897 bits per heavy atom. The van der Waals surface area contributed by atoms with E-state index in [0.29, 0.717) is 11.1 Å². The van der Waals surface area contributed by atoms with Crippen LogP contribution >= 0.6 is 0 Å². The largest absolute Gasteiger partial charge is 0.418 e. The molecule has 29 heavy (non-hydrogen) atoms. The van der Waals surface area contributed by atoms with E-state index in [1.54, 1.807) is 36.4 Å². The standard InChI is InChI=1S/C23H15F3N2O/c1-14-8-10-15(11-9-14)20-16-5-4-6-18(23(24,25)26)21(16)28-13-17(20)22(29)19-7-2-3-12-27-19/h2-13H,1H3. The highest BCUT2D eigenvalue weighted by molar-refractivity contribution is 6.16. The molecule has 0 amide bonds. The number of benzene rings is 2. The molecule has 0 aliphatic carbocycles. The van der Waals surface area contributed by atoms with E-state index in [2.05, 4.69) is 9.97 Å². The van der Waals surface area contributed by atoms with E-state index < -0.39 is 17.5 Å². The van der Waals surface area contributed by atoms with Crippen LogP contribution in [0, 0.1) is 6.92 Å². The summed E-state index contributed by atoms with van der Waals surface area (Å²) in [4.78, 5) is 21.2. The fourth-order valence-electron chi connectivity index (χ4n) is 3.29. The van der Waals surface area contributed by atoms with Gasteiger partial charge in [-0.25, -0.2) is 0 Å². The van der Waals surface area contributed by atoms with Gasteiger partial charge in [0.25, 0.3) is 0 Å². The van der Waals surface area contributed by atoms with Crippen LogP contribution < -0.4 is 0 Å². The molecular formula is C23H15F3N2O. The van der Waals surface area contributed by atoms with Gasteiger partial charge in [-0.2, -0.15) is 13.2 Å². The molecule has 2 heterocycles. The Balaban J connectivity index is 2.05. The fourth-order valence-corrected chi connectivity index (χ4v) is 3.29. The van der Waals surface area contributed by atoms with Crippen molar-refractivity contribution in [2.45, 2.75) is 13.1 Å². The Kier molecular flexibility index (Phi) is 4.62. The van der Waals surface area contributed by atoms with E-state index in [4.69, 9.17) is 0 Å². The number of nitrogens with zero attached hydrogens (tertiary/aromatic N) is 2. The summed E-state index contributed by atoms with van der Waals surface area (Å²) in [5.74, 6) is -0.395. The number of aryl methyl sites for hydroxylation is 1. The quantitative estimate of drug-likeness (QED) is 0.411. The molecule has 0 bridgehead atoms. The monoisotopic (exact) mass is 392 g/mol. The lowest BCUT2D eigenvalue weighted by molar-refractivity contribution is -0.136. The van der Waals surface area contributed by atoms with Crippen LogP contribution in [0.25, 0.3) is 22.0 Å². The molecular weight excluding hydrogens is 377 g/mol. The van der Waals surface area contributed by atoms with Crippen molar-refractivity contribution in [1.29, 1.82) is 0 Å². The van der Waals surface area contributed by atoms with Crippen LogP contribution in [0.1, 0.15) is 27.2 Å². The normalized spacial score (nSPS) is 11.6. The number of fused-ring (bicyclic) bond motifs is 1. The number of carbonyl (C=O) groups is 1. The zero-order valence-corrected chi connectivity index (χ0v) is 15.4. The summed E-state index contributed by atoms with van der Waals surface area (Å²) < 4.78 is 40.5.